The van der Waals surface area contributed by atoms with E-state index in [0.29, 0.717) is 11.1 Å². The maximum Gasteiger partial charge on any atom is 0.195 e. The fraction of sp³-hybridized carbons (Fsp3) is 0.143. The lowest BCUT2D eigenvalue weighted by Crippen LogP contribution is -2.02. The van der Waals surface area contributed by atoms with Crippen molar-refractivity contribution in [3.05, 3.63) is 58.9 Å². The molecule has 94 valence electrons. The molecule has 4 heteroatoms. The molecule has 2 aromatic rings. The van der Waals surface area contributed by atoms with Gasteiger partial charge in [-0.25, -0.2) is 13.2 Å². The Morgan fingerprint density at radius 3 is 2.33 bits per heavy atom. The third-order valence-corrected chi connectivity index (χ3v) is 2.81. The molecule has 1 nitrogen and oxygen atoms in total. The van der Waals surface area contributed by atoms with Crippen LogP contribution in [0.2, 0.25) is 0 Å². The van der Waals surface area contributed by atoms with Gasteiger partial charge < -0.3 is 5.73 Å². The summed E-state index contributed by atoms with van der Waals surface area (Å²) in [6.45, 7) is 2.04. The van der Waals surface area contributed by atoms with Crippen LogP contribution in [0.25, 0.3) is 11.1 Å². The van der Waals surface area contributed by atoms with Crippen molar-refractivity contribution in [3.8, 4) is 11.1 Å². The van der Waals surface area contributed by atoms with Gasteiger partial charge in [0.2, 0.25) is 0 Å². The number of benzene rings is 2. The molecule has 0 spiro atoms. The minimum atomic E-state index is -1.46. The van der Waals surface area contributed by atoms with E-state index in [2.05, 4.69) is 0 Å². The summed E-state index contributed by atoms with van der Waals surface area (Å²) in [4.78, 5) is 0. The highest BCUT2D eigenvalue weighted by Crippen LogP contribution is 2.29. The summed E-state index contributed by atoms with van der Waals surface area (Å²) < 4.78 is 39.9. The average Bonchev–Trinajstić information content (AvgIpc) is 2.36. The zero-order valence-electron chi connectivity index (χ0n) is 9.81. The van der Waals surface area contributed by atoms with Gasteiger partial charge in [0.05, 0.1) is 0 Å². The Morgan fingerprint density at radius 1 is 0.944 bits per heavy atom. The van der Waals surface area contributed by atoms with Gasteiger partial charge in [0, 0.05) is 12.1 Å². The van der Waals surface area contributed by atoms with Crippen molar-refractivity contribution >= 4 is 0 Å². The first-order chi connectivity index (χ1) is 8.54. The van der Waals surface area contributed by atoms with Crippen LogP contribution < -0.4 is 5.73 Å². The summed E-state index contributed by atoms with van der Waals surface area (Å²) in [5.74, 6) is -3.84. The Hall–Kier alpha value is -1.81. The predicted molar refractivity (Wildman–Crippen MR) is 64.4 cm³/mol. The van der Waals surface area contributed by atoms with Gasteiger partial charge in [0.15, 0.2) is 17.5 Å². The molecule has 0 unspecified atom stereocenters. The fourth-order valence-corrected chi connectivity index (χ4v) is 1.85. The first-order valence-corrected chi connectivity index (χ1v) is 5.48. The second kappa shape index (κ2) is 4.82. The number of rotatable bonds is 2. The Morgan fingerprint density at radius 2 is 1.67 bits per heavy atom. The van der Waals surface area contributed by atoms with Gasteiger partial charge in [-0.2, -0.15) is 0 Å². The van der Waals surface area contributed by atoms with Crippen LogP contribution in [0.1, 0.15) is 11.1 Å². The lowest BCUT2D eigenvalue weighted by molar-refractivity contribution is 0.449. The molecule has 2 N–H and O–H groups in total. The first kappa shape index (κ1) is 12.6. The van der Waals surface area contributed by atoms with Crippen LogP contribution >= 0.6 is 0 Å². The van der Waals surface area contributed by atoms with Gasteiger partial charge in [-0.3, -0.25) is 0 Å². The molecule has 2 aromatic carbocycles. The zero-order chi connectivity index (χ0) is 13.3. The van der Waals surface area contributed by atoms with Crippen molar-refractivity contribution in [2.45, 2.75) is 13.5 Å². The van der Waals surface area contributed by atoms with E-state index in [9.17, 15) is 13.2 Å². The highest BCUT2D eigenvalue weighted by Gasteiger charge is 2.16. The highest BCUT2D eigenvalue weighted by molar-refractivity contribution is 5.69. The van der Waals surface area contributed by atoms with Crippen LogP contribution in [0.5, 0.6) is 0 Å². The molecule has 0 saturated carbocycles. The Labute approximate surface area is 103 Å². The SMILES string of the molecule is Cc1ccc(CN)c(-c2ccc(F)c(F)c2F)c1. The lowest BCUT2D eigenvalue weighted by Gasteiger charge is -2.11. The second-order valence-corrected chi connectivity index (χ2v) is 4.09. The van der Waals surface area contributed by atoms with E-state index in [-0.39, 0.29) is 12.1 Å². The third-order valence-electron chi connectivity index (χ3n) is 2.81. The number of nitrogens with two attached hydrogens (primary N) is 1. The van der Waals surface area contributed by atoms with Crippen LogP contribution in [-0.2, 0) is 6.54 Å². The second-order valence-electron chi connectivity index (χ2n) is 4.09. The van der Waals surface area contributed by atoms with Crippen molar-refractivity contribution in [2.24, 2.45) is 5.73 Å². The molecule has 0 saturated heterocycles. The van der Waals surface area contributed by atoms with Gasteiger partial charge in [0.1, 0.15) is 0 Å². The van der Waals surface area contributed by atoms with Crippen molar-refractivity contribution in [1.82, 2.24) is 0 Å². The quantitative estimate of drug-likeness (QED) is 0.812. The first-order valence-electron chi connectivity index (χ1n) is 5.48. The van der Waals surface area contributed by atoms with Crippen LogP contribution in [-0.4, -0.2) is 0 Å². The van der Waals surface area contributed by atoms with E-state index in [1.165, 1.54) is 6.07 Å². The molecule has 0 fully saturated rings. The Bertz CT molecular complexity index is 594. The molecule has 0 radical (unpaired) electrons. The average molecular weight is 251 g/mol. The van der Waals surface area contributed by atoms with E-state index in [1.807, 2.05) is 13.0 Å². The van der Waals surface area contributed by atoms with Crippen LogP contribution in [0.15, 0.2) is 30.3 Å². The van der Waals surface area contributed by atoms with Gasteiger partial charge in [0.25, 0.3) is 0 Å². The molecule has 2 rings (SSSR count). The van der Waals surface area contributed by atoms with Crippen molar-refractivity contribution in [2.75, 3.05) is 0 Å². The maximum absolute atomic E-state index is 13.7. The standard InChI is InChI=1S/C14H12F3N/c1-8-2-3-9(7-18)11(6-8)10-4-5-12(15)14(17)13(10)16/h2-6H,7,18H2,1H3. The number of aryl methyl sites for hydroxylation is 1. The van der Waals surface area contributed by atoms with Gasteiger partial charge in [-0.05, 0) is 30.2 Å². The van der Waals surface area contributed by atoms with E-state index in [4.69, 9.17) is 5.73 Å². The summed E-state index contributed by atoms with van der Waals surface area (Å²) in [5.41, 5.74) is 7.67. The molecule has 0 bridgehead atoms. The molecule has 0 aliphatic heterocycles. The molecule has 18 heavy (non-hydrogen) atoms. The molecule has 0 aliphatic rings. The van der Waals surface area contributed by atoms with Crippen LogP contribution in [0.4, 0.5) is 13.2 Å². The maximum atomic E-state index is 13.7. The van der Waals surface area contributed by atoms with E-state index in [1.54, 1.807) is 12.1 Å². The van der Waals surface area contributed by atoms with Crippen molar-refractivity contribution < 1.29 is 13.2 Å². The minimum absolute atomic E-state index is 0.0260. The van der Waals surface area contributed by atoms with Gasteiger partial charge in [-0.1, -0.05) is 23.8 Å². The highest BCUT2D eigenvalue weighted by atomic mass is 19.2. The summed E-state index contributed by atoms with van der Waals surface area (Å²) in [6, 6.07) is 7.44. The Kier molecular flexibility index (Phi) is 3.39. The molecular formula is C14H12F3N. The van der Waals surface area contributed by atoms with Crippen LogP contribution in [0.3, 0.4) is 0 Å². The monoisotopic (exact) mass is 251 g/mol. The topological polar surface area (TPSA) is 26.0 Å². The molecule has 0 amide bonds. The Balaban J connectivity index is 2.69. The summed E-state index contributed by atoms with van der Waals surface area (Å²) in [7, 11) is 0. The van der Waals surface area contributed by atoms with Crippen LogP contribution in [0, 0.1) is 24.4 Å². The third kappa shape index (κ3) is 2.11. The predicted octanol–water partition coefficient (Wildman–Crippen LogP) is 3.54. The summed E-state index contributed by atoms with van der Waals surface area (Å²) >= 11 is 0. The van der Waals surface area contributed by atoms with Crippen molar-refractivity contribution in [1.29, 1.82) is 0 Å². The van der Waals surface area contributed by atoms with Crippen molar-refractivity contribution in [3.63, 3.8) is 0 Å². The normalized spacial score (nSPS) is 10.7. The molecule has 0 heterocycles. The van der Waals surface area contributed by atoms with Gasteiger partial charge in [-0.15, -0.1) is 0 Å². The smallest absolute Gasteiger partial charge is 0.195 e. The minimum Gasteiger partial charge on any atom is -0.326 e. The number of hydrogen-bond donors (Lipinski definition) is 1. The number of halogens is 3. The molecule has 0 atom stereocenters. The summed E-state index contributed by atoms with van der Waals surface area (Å²) in [6.07, 6.45) is 0. The fourth-order valence-electron chi connectivity index (χ4n) is 1.85. The number of hydrogen-bond acceptors (Lipinski definition) is 1. The largest absolute Gasteiger partial charge is 0.326 e. The van der Waals surface area contributed by atoms with E-state index in [0.717, 1.165) is 11.6 Å². The van der Waals surface area contributed by atoms with E-state index < -0.39 is 17.5 Å². The molecule has 0 aliphatic carbocycles. The van der Waals surface area contributed by atoms with Gasteiger partial charge >= 0.3 is 0 Å². The zero-order valence-corrected chi connectivity index (χ0v) is 9.81. The lowest BCUT2D eigenvalue weighted by atomic mass is 9.97. The summed E-state index contributed by atoms with van der Waals surface area (Å²) in [5, 5.41) is 0. The molecule has 0 aromatic heterocycles. The molecular weight excluding hydrogens is 239 g/mol. The van der Waals surface area contributed by atoms with E-state index >= 15 is 0 Å².